The SMILES string of the molecule is CC[C@H](C)[C@@H](NC(=O)C(C)(C)C)C(=O)Nc1nnc(-c2ccc(C)cc2)s1. The molecule has 2 rings (SSSR count). The minimum Gasteiger partial charge on any atom is -0.344 e. The van der Waals surface area contributed by atoms with Crippen LogP contribution in [0.25, 0.3) is 10.6 Å². The number of amides is 2. The summed E-state index contributed by atoms with van der Waals surface area (Å²) in [5.41, 5.74) is 1.56. The molecule has 2 atom stereocenters. The number of aromatic nitrogens is 2. The summed E-state index contributed by atoms with van der Waals surface area (Å²) in [6, 6.07) is 7.36. The third-order valence-electron chi connectivity index (χ3n) is 4.42. The standard InChI is InChI=1S/C20H28N4O2S/c1-7-13(3)15(21-18(26)20(4,5)6)16(25)22-19-24-23-17(27-19)14-10-8-12(2)9-11-14/h8-11,13,15H,7H2,1-6H3,(H,21,26)(H,22,24,25)/t13-,15+/m0/s1. The molecule has 0 saturated heterocycles. The zero-order valence-corrected chi connectivity index (χ0v) is 17.6. The molecule has 0 saturated carbocycles. The quantitative estimate of drug-likeness (QED) is 0.782. The van der Waals surface area contributed by atoms with Crippen LogP contribution in [-0.2, 0) is 9.59 Å². The van der Waals surface area contributed by atoms with E-state index in [0.717, 1.165) is 17.0 Å². The van der Waals surface area contributed by atoms with Crippen molar-refractivity contribution >= 4 is 28.3 Å². The lowest BCUT2D eigenvalue weighted by Crippen LogP contribution is -2.50. The molecule has 7 heteroatoms. The van der Waals surface area contributed by atoms with Crippen LogP contribution in [-0.4, -0.2) is 28.1 Å². The maximum atomic E-state index is 12.8. The van der Waals surface area contributed by atoms with Crippen molar-refractivity contribution in [1.29, 1.82) is 0 Å². The van der Waals surface area contributed by atoms with Gasteiger partial charge in [-0.25, -0.2) is 0 Å². The van der Waals surface area contributed by atoms with Crippen LogP contribution in [0.5, 0.6) is 0 Å². The molecule has 27 heavy (non-hydrogen) atoms. The number of benzene rings is 1. The van der Waals surface area contributed by atoms with E-state index in [0.29, 0.717) is 5.13 Å². The maximum absolute atomic E-state index is 12.8. The molecule has 6 nitrogen and oxygen atoms in total. The van der Waals surface area contributed by atoms with E-state index in [4.69, 9.17) is 0 Å². The van der Waals surface area contributed by atoms with Crippen molar-refractivity contribution in [3.05, 3.63) is 29.8 Å². The fourth-order valence-electron chi connectivity index (χ4n) is 2.33. The highest BCUT2D eigenvalue weighted by Crippen LogP contribution is 2.27. The molecule has 146 valence electrons. The lowest BCUT2D eigenvalue weighted by Gasteiger charge is -2.27. The number of rotatable bonds is 6. The van der Waals surface area contributed by atoms with E-state index >= 15 is 0 Å². The number of nitrogens with zero attached hydrogens (tertiary/aromatic N) is 2. The molecule has 0 bridgehead atoms. The molecule has 0 aliphatic rings. The van der Waals surface area contributed by atoms with E-state index in [1.807, 2.05) is 65.8 Å². The predicted octanol–water partition coefficient (Wildman–Crippen LogP) is 4.03. The fraction of sp³-hybridized carbons (Fsp3) is 0.500. The molecular weight excluding hydrogens is 360 g/mol. The fourth-order valence-corrected chi connectivity index (χ4v) is 3.08. The lowest BCUT2D eigenvalue weighted by molar-refractivity contribution is -0.132. The normalized spacial score (nSPS) is 13.7. The van der Waals surface area contributed by atoms with Crippen LogP contribution in [0.1, 0.15) is 46.6 Å². The molecule has 0 spiro atoms. The summed E-state index contributed by atoms with van der Waals surface area (Å²) in [6.45, 7) is 11.4. The van der Waals surface area contributed by atoms with Gasteiger partial charge in [0.15, 0.2) is 0 Å². The summed E-state index contributed by atoms with van der Waals surface area (Å²) in [7, 11) is 0. The van der Waals surface area contributed by atoms with Crippen LogP contribution in [0.15, 0.2) is 24.3 Å². The molecule has 0 unspecified atom stereocenters. The highest BCUT2D eigenvalue weighted by molar-refractivity contribution is 7.18. The smallest absolute Gasteiger partial charge is 0.249 e. The Kier molecular flexibility index (Phi) is 6.70. The van der Waals surface area contributed by atoms with Crippen LogP contribution < -0.4 is 10.6 Å². The number of aryl methyl sites for hydroxylation is 1. The molecule has 0 aliphatic heterocycles. The van der Waals surface area contributed by atoms with Crippen LogP contribution >= 0.6 is 11.3 Å². The molecule has 0 fully saturated rings. The van der Waals surface area contributed by atoms with E-state index in [-0.39, 0.29) is 17.7 Å². The first-order chi connectivity index (χ1) is 12.6. The Morgan fingerprint density at radius 1 is 1.15 bits per heavy atom. The van der Waals surface area contributed by atoms with Gasteiger partial charge in [0, 0.05) is 11.0 Å². The average molecular weight is 389 g/mol. The van der Waals surface area contributed by atoms with Gasteiger partial charge in [-0.3, -0.25) is 14.9 Å². The van der Waals surface area contributed by atoms with Crippen molar-refractivity contribution < 1.29 is 9.59 Å². The van der Waals surface area contributed by atoms with E-state index in [2.05, 4.69) is 20.8 Å². The minimum absolute atomic E-state index is 0.000732. The number of carbonyl (C=O) groups is 2. The largest absolute Gasteiger partial charge is 0.344 e. The summed E-state index contributed by atoms with van der Waals surface area (Å²) >= 11 is 1.31. The highest BCUT2D eigenvalue weighted by atomic mass is 32.1. The van der Waals surface area contributed by atoms with E-state index in [1.54, 1.807) is 0 Å². The second-order valence-electron chi connectivity index (χ2n) is 7.85. The second kappa shape index (κ2) is 8.61. The number of hydrogen-bond acceptors (Lipinski definition) is 5. The molecule has 0 aliphatic carbocycles. The van der Waals surface area contributed by atoms with Gasteiger partial charge < -0.3 is 5.32 Å². The van der Waals surface area contributed by atoms with Crippen LogP contribution in [0, 0.1) is 18.3 Å². The van der Waals surface area contributed by atoms with Crippen molar-refractivity contribution in [3.63, 3.8) is 0 Å². The van der Waals surface area contributed by atoms with Gasteiger partial charge in [0.2, 0.25) is 16.9 Å². The lowest BCUT2D eigenvalue weighted by atomic mass is 9.92. The second-order valence-corrected chi connectivity index (χ2v) is 8.83. The zero-order valence-electron chi connectivity index (χ0n) is 16.8. The van der Waals surface area contributed by atoms with Crippen molar-refractivity contribution in [2.24, 2.45) is 11.3 Å². The van der Waals surface area contributed by atoms with Gasteiger partial charge in [-0.2, -0.15) is 0 Å². The van der Waals surface area contributed by atoms with Crippen LogP contribution in [0.4, 0.5) is 5.13 Å². The summed E-state index contributed by atoms with van der Waals surface area (Å²) < 4.78 is 0. The van der Waals surface area contributed by atoms with Gasteiger partial charge in [0.05, 0.1) is 0 Å². The topological polar surface area (TPSA) is 84.0 Å². The van der Waals surface area contributed by atoms with E-state index < -0.39 is 11.5 Å². The minimum atomic E-state index is -0.617. The Balaban J connectivity index is 2.13. The van der Waals surface area contributed by atoms with Gasteiger partial charge in [-0.15, -0.1) is 10.2 Å². The van der Waals surface area contributed by atoms with Crippen molar-refractivity contribution in [2.45, 2.75) is 54.0 Å². The highest BCUT2D eigenvalue weighted by Gasteiger charge is 2.31. The van der Waals surface area contributed by atoms with E-state index in [9.17, 15) is 9.59 Å². The first-order valence-corrected chi connectivity index (χ1v) is 9.95. The van der Waals surface area contributed by atoms with Gasteiger partial charge in [-0.1, -0.05) is 82.2 Å². The molecule has 2 aromatic rings. The number of nitrogens with one attached hydrogen (secondary N) is 2. The summed E-state index contributed by atoms with van der Waals surface area (Å²) in [4.78, 5) is 25.1. The Bertz CT molecular complexity index is 793. The third-order valence-corrected chi connectivity index (χ3v) is 5.30. The predicted molar refractivity (Wildman–Crippen MR) is 110 cm³/mol. The number of hydrogen-bond donors (Lipinski definition) is 2. The van der Waals surface area contributed by atoms with Crippen molar-refractivity contribution in [1.82, 2.24) is 15.5 Å². The van der Waals surface area contributed by atoms with Gasteiger partial charge in [0.1, 0.15) is 11.0 Å². The van der Waals surface area contributed by atoms with Crippen LogP contribution in [0.3, 0.4) is 0 Å². The number of carbonyl (C=O) groups excluding carboxylic acids is 2. The summed E-state index contributed by atoms with van der Waals surface area (Å²) in [6.07, 6.45) is 0.771. The van der Waals surface area contributed by atoms with E-state index in [1.165, 1.54) is 16.9 Å². The van der Waals surface area contributed by atoms with Crippen LogP contribution in [0.2, 0.25) is 0 Å². The van der Waals surface area contributed by atoms with Gasteiger partial charge >= 0.3 is 0 Å². The maximum Gasteiger partial charge on any atom is 0.249 e. The van der Waals surface area contributed by atoms with Gasteiger partial charge in [-0.05, 0) is 12.8 Å². The molecule has 0 radical (unpaired) electrons. The summed E-state index contributed by atoms with van der Waals surface area (Å²) in [5.74, 6) is -0.421. The molecule has 1 aromatic heterocycles. The molecule has 1 heterocycles. The Labute approximate surface area is 164 Å². The molecule has 1 aromatic carbocycles. The Hall–Kier alpha value is -2.28. The number of anilines is 1. The van der Waals surface area contributed by atoms with Crippen molar-refractivity contribution in [3.8, 4) is 10.6 Å². The first kappa shape index (κ1) is 21.0. The molecule has 2 N–H and O–H groups in total. The Morgan fingerprint density at radius 2 is 1.78 bits per heavy atom. The average Bonchev–Trinajstić information content (AvgIpc) is 3.06. The summed E-state index contributed by atoms with van der Waals surface area (Å²) in [5, 5.41) is 15.1. The first-order valence-electron chi connectivity index (χ1n) is 9.14. The van der Waals surface area contributed by atoms with Crippen molar-refractivity contribution in [2.75, 3.05) is 5.32 Å². The zero-order chi connectivity index (χ0) is 20.2. The monoisotopic (exact) mass is 388 g/mol. The Morgan fingerprint density at radius 3 is 2.33 bits per heavy atom. The third kappa shape index (κ3) is 5.60. The van der Waals surface area contributed by atoms with Gasteiger partial charge in [0.25, 0.3) is 0 Å². The molecule has 2 amide bonds. The molecular formula is C20H28N4O2S.